The number of anilines is 1. The molecule has 5 N–H and O–H groups in total. The summed E-state index contributed by atoms with van der Waals surface area (Å²) in [6.07, 6.45) is 1.44. The van der Waals surface area contributed by atoms with Crippen molar-refractivity contribution < 1.29 is 24.2 Å². The number of aromatic nitrogens is 1. The maximum Gasteiger partial charge on any atom is 0.355 e. The standard InChI is InChI=1S/C31H30N4O5S/c1-3-11-33-30(37)25-9-8-21(27(35-25)31(38)39)22-15-26-24(28-19(10-12-40-26)13-17(2)41-28)14-23(22)29(36)34-20-6-4-18(16-32)5-7-20/h4-9,13-15H,3,10-12,16,32H2,1-2H3,(H,33,37)(H,34,36)(H,38,39). The number of thiophene rings is 1. The van der Waals surface area contributed by atoms with E-state index >= 15 is 0 Å². The summed E-state index contributed by atoms with van der Waals surface area (Å²) in [7, 11) is 0. The van der Waals surface area contributed by atoms with Gasteiger partial charge in [-0.1, -0.05) is 19.1 Å². The highest BCUT2D eigenvalue weighted by molar-refractivity contribution is 7.15. The van der Waals surface area contributed by atoms with Gasteiger partial charge in [-0.3, -0.25) is 9.59 Å². The minimum absolute atomic E-state index is 0.0182. The monoisotopic (exact) mass is 570 g/mol. The van der Waals surface area contributed by atoms with Crippen LogP contribution in [-0.2, 0) is 13.0 Å². The lowest BCUT2D eigenvalue weighted by Gasteiger charge is -2.17. The SMILES string of the molecule is CCCNC(=O)c1ccc(-c2cc3c(cc2C(=O)Nc2ccc(CN)cc2)-c2sc(C)cc2CCO3)c(C(=O)O)n1. The van der Waals surface area contributed by atoms with Crippen LogP contribution < -0.4 is 21.1 Å². The molecule has 9 nitrogen and oxygen atoms in total. The number of carboxylic acid groups (broad SMARTS) is 1. The minimum Gasteiger partial charge on any atom is -0.493 e. The predicted molar refractivity (Wildman–Crippen MR) is 159 cm³/mol. The number of aromatic carboxylic acids is 1. The number of hydrogen-bond donors (Lipinski definition) is 4. The molecule has 210 valence electrons. The summed E-state index contributed by atoms with van der Waals surface area (Å²) in [5.41, 5.74) is 9.53. The van der Waals surface area contributed by atoms with Gasteiger partial charge in [-0.2, -0.15) is 0 Å². The third-order valence-electron chi connectivity index (χ3n) is 6.77. The topological polar surface area (TPSA) is 144 Å². The van der Waals surface area contributed by atoms with Gasteiger partial charge in [0, 0.05) is 57.2 Å². The third kappa shape index (κ3) is 5.84. The second-order valence-corrected chi connectivity index (χ2v) is 11.0. The average molecular weight is 571 g/mol. The van der Waals surface area contributed by atoms with Gasteiger partial charge in [0.25, 0.3) is 11.8 Å². The highest BCUT2D eigenvalue weighted by Crippen LogP contribution is 2.44. The molecule has 1 aliphatic heterocycles. The number of ether oxygens (including phenoxy) is 1. The number of nitrogens with zero attached hydrogens (tertiary/aromatic N) is 1. The van der Waals surface area contributed by atoms with Crippen molar-refractivity contribution >= 4 is 34.8 Å². The van der Waals surface area contributed by atoms with Crippen molar-refractivity contribution in [2.75, 3.05) is 18.5 Å². The fraction of sp³-hybridized carbons (Fsp3) is 0.226. The molecule has 1 aliphatic rings. The van der Waals surface area contributed by atoms with Crippen molar-refractivity contribution in [1.82, 2.24) is 10.3 Å². The van der Waals surface area contributed by atoms with Crippen LogP contribution in [0.1, 0.15) is 60.7 Å². The number of aryl methyl sites for hydroxylation is 1. The lowest BCUT2D eigenvalue weighted by molar-refractivity contribution is 0.0691. The van der Waals surface area contributed by atoms with Crippen molar-refractivity contribution in [2.24, 2.45) is 5.73 Å². The zero-order valence-corrected chi connectivity index (χ0v) is 23.6. The zero-order valence-electron chi connectivity index (χ0n) is 22.7. The van der Waals surface area contributed by atoms with Gasteiger partial charge < -0.3 is 26.2 Å². The molecule has 2 amide bonds. The van der Waals surface area contributed by atoms with Gasteiger partial charge in [-0.05, 0) is 66.9 Å². The predicted octanol–water partition coefficient (Wildman–Crippen LogP) is 5.27. The highest BCUT2D eigenvalue weighted by atomic mass is 32.1. The van der Waals surface area contributed by atoms with Gasteiger partial charge in [-0.15, -0.1) is 11.3 Å². The van der Waals surface area contributed by atoms with E-state index in [4.69, 9.17) is 10.5 Å². The first-order valence-electron chi connectivity index (χ1n) is 13.3. The number of rotatable bonds is 8. The number of nitrogens with two attached hydrogens (primary N) is 1. The van der Waals surface area contributed by atoms with Gasteiger partial charge in [-0.25, -0.2) is 9.78 Å². The van der Waals surface area contributed by atoms with E-state index in [2.05, 4.69) is 21.7 Å². The van der Waals surface area contributed by atoms with Crippen LogP contribution in [0.4, 0.5) is 5.69 Å². The summed E-state index contributed by atoms with van der Waals surface area (Å²) in [6, 6.07) is 15.8. The van der Waals surface area contributed by atoms with Crippen LogP contribution in [0.5, 0.6) is 5.75 Å². The van der Waals surface area contributed by atoms with Crippen molar-refractivity contribution in [1.29, 1.82) is 0 Å². The van der Waals surface area contributed by atoms with Crippen molar-refractivity contribution in [3.63, 3.8) is 0 Å². The molecule has 0 fully saturated rings. The number of amides is 2. The average Bonchev–Trinajstić information content (AvgIpc) is 3.27. The molecule has 3 heterocycles. The van der Waals surface area contributed by atoms with Crippen LogP contribution in [0, 0.1) is 6.92 Å². The Morgan fingerprint density at radius 3 is 2.51 bits per heavy atom. The van der Waals surface area contributed by atoms with E-state index in [0.717, 1.165) is 32.9 Å². The Balaban J connectivity index is 1.66. The maximum atomic E-state index is 13.8. The highest BCUT2D eigenvalue weighted by Gasteiger charge is 2.27. The van der Waals surface area contributed by atoms with Crippen LogP contribution in [0.2, 0.25) is 0 Å². The fourth-order valence-electron chi connectivity index (χ4n) is 4.76. The van der Waals surface area contributed by atoms with Crippen LogP contribution >= 0.6 is 11.3 Å². The first kappa shape index (κ1) is 28.0. The summed E-state index contributed by atoms with van der Waals surface area (Å²) < 4.78 is 6.11. The van der Waals surface area contributed by atoms with Gasteiger partial charge in [0.05, 0.1) is 6.61 Å². The Kier molecular flexibility index (Phi) is 8.14. The summed E-state index contributed by atoms with van der Waals surface area (Å²) in [6.45, 7) is 5.21. The molecule has 41 heavy (non-hydrogen) atoms. The molecular formula is C31H30N4O5S. The number of pyridine rings is 1. The molecule has 10 heteroatoms. The number of hydrogen-bond acceptors (Lipinski definition) is 7. The summed E-state index contributed by atoms with van der Waals surface area (Å²) in [5.74, 6) is -1.67. The smallest absolute Gasteiger partial charge is 0.355 e. The van der Waals surface area contributed by atoms with E-state index in [1.165, 1.54) is 12.1 Å². The fourth-order valence-corrected chi connectivity index (χ4v) is 5.84. The second kappa shape index (κ2) is 11.9. The summed E-state index contributed by atoms with van der Waals surface area (Å²) >= 11 is 1.62. The molecular weight excluding hydrogens is 540 g/mol. The van der Waals surface area contributed by atoms with Crippen LogP contribution in [-0.4, -0.2) is 41.0 Å². The first-order chi connectivity index (χ1) is 19.8. The van der Waals surface area contributed by atoms with Crippen LogP contribution in [0.15, 0.2) is 54.6 Å². The number of nitrogens with one attached hydrogen (secondary N) is 2. The largest absolute Gasteiger partial charge is 0.493 e. The quantitative estimate of drug-likeness (QED) is 0.226. The molecule has 0 saturated carbocycles. The number of fused-ring (bicyclic) bond motifs is 3. The number of carbonyl (C=O) groups is 3. The van der Waals surface area contributed by atoms with E-state index in [1.54, 1.807) is 35.6 Å². The maximum absolute atomic E-state index is 13.8. The van der Waals surface area contributed by atoms with E-state index in [-0.39, 0.29) is 22.5 Å². The van der Waals surface area contributed by atoms with Crippen LogP contribution in [0.3, 0.4) is 0 Å². The van der Waals surface area contributed by atoms with Crippen molar-refractivity contribution in [2.45, 2.75) is 33.2 Å². The van der Waals surface area contributed by atoms with E-state index in [1.807, 2.05) is 26.0 Å². The lowest BCUT2D eigenvalue weighted by atomic mass is 9.93. The van der Waals surface area contributed by atoms with Crippen molar-refractivity contribution in [3.8, 4) is 27.3 Å². The van der Waals surface area contributed by atoms with E-state index in [9.17, 15) is 19.5 Å². The van der Waals surface area contributed by atoms with Gasteiger partial charge in [0.1, 0.15) is 11.4 Å². The third-order valence-corrected chi connectivity index (χ3v) is 7.90. The molecule has 0 radical (unpaired) electrons. The lowest BCUT2D eigenvalue weighted by Crippen LogP contribution is -2.25. The van der Waals surface area contributed by atoms with Crippen LogP contribution in [0.25, 0.3) is 21.6 Å². The molecule has 0 saturated heterocycles. The summed E-state index contributed by atoms with van der Waals surface area (Å²) in [4.78, 5) is 45.1. The molecule has 4 aromatic rings. The van der Waals surface area contributed by atoms with Gasteiger partial charge in [0.15, 0.2) is 5.69 Å². The Labute approximate surface area is 241 Å². The normalized spacial score (nSPS) is 12.0. The van der Waals surface area contributed by atoms with Crippen molar-refractivity contribution in [3.05, 3.63) is 87.6 Å². The second-order valence-electron chi connectivity index (χ2n) is 9.71. The Hall–Kier alpha value is -4.54. The molecule has 0 spiro atoms. The molecule has 0 aliphatic carbocycles. The van der Waals surface area contributed by atoms with E-state index in [0.29, 0.717) is 43.1 Å². The summed E-state index contributed by atoms with van der Waals surface area (Å²) in [5, 5.41) is 15.7. The molecule has 2 aromatic heterocycles. The Morgan fingerprint density at radius 2 is 1.80 bits per heavy atom. The first-order valence-corrected chi connectivity index (χ1v) is 14.1. The number of carboxylic acids is 1. The van der Waals surface area contributed by atoms with Gasteiger partial charge in [0.2, 0.25) is 0 Å². The molecule has 0 bridgehead atoms. The molecule has 0 unspecified atom stereocenters. The zero-order chi connectivity index (χ0) is 29.1. The molecule has 5 rings (SSSR count). The number of benzene rings is 2. The van der Waals surface area contributed by atoms with E-state index < -0.39 is 17.8 Å². The Bertz CT molecular complexity index is 1650. The molecule has 0 atom stereocenters. The number of carbonyl (C=O) groups excluding carboxylic acids is 2. The molecule has 2 aromatic carbocycles. The minimum atomic E-state index is -1.32. The Morgan fingerprint density at radius 1 is 1.02 bits per heavy atom. The van der Waals surface area contributed by atoms with Gasteiger partial charge >= 0.3 is 5.97 Å².